The summed E-state index contributed by atoms with van der Waals surface area (Å²) in [5.41, 5.74) is 0. The van der Waals surface area contributed by atoms with Crippen molar-refractivity contribution < 1.29 is 4.79 Å². The van der Waals surface area contributed by atoms with Gasteiger partial charge >= 0.3 is 0 Å². The van der Waals surface area contributed by atoms with E-state index >= 15 is 0 Å². The van der Waals surface area contributed by atoms with Gasteiger partial charge in [0.25, 0.3) is 0 Å². The van der Waals surface area contributed by atoms with Crippen molar-refractivity contribution in [1.29, 1.82) is 0 Å². The minimum atomic E-state index is 0.263. The molecule has 2 fully saturated rings. The Hall–Kier alpha value is -1.01. The molecular formula is C17H28N2O. The summed E-state index contributed by atoms with van der Waals surface area (Å²) in [6, 6.07) is 0.957. The summed E-state index contributed by atoms with van der Waals surface area (Å²) in [5.74, 6) is 2.80. The van der Waals surface area contributed by atoms with Crippen LogP contribution in [0.3, 0.4) is 0 Å². The van der Waals surface area contributed by atoms with E-state index in [-0.39, 0.29) is 5.91 Å². The highest BCUT2D eigenvalue weighted by Crippen LogP contribution is 2.30. The van der Waals surface area contributed by atoms with E-state index in [1.165, 1.54) is 64.2 Å². The second-order valence-corrected chi connectivity index (χ2v) is 6.19. The highest BCUT2D eigenvalue weighted by Gasteiger charge is 2.31. The number of carbonyl (C=O) groups excluding carboxylic acids is 1. The number of nitrogens with one attached hydrogen (secondary N) is 1. The maximum atomic E-state index is 12.6. The van der Waals surface area contributed by atoms with Crippen molar-refractivity contribution in [1.82, 2.24) is 10.2 Å². The van der Waals surface area contributed by atoms with Crippen molar-refractivity contribution in [2.45, 2.75) is 76.3 Å². The summed E-state index contributed by atoms with van der Waals surface area (Å²) in [7, 11) is 0. The Morgan fingerprint density at radius 3 is 1.95 bits per heavy atom. The van der Waals surface area contributed by atoms with Crippen molar-refractivity contribution >= 4 is 5.91 Å². The molecule has 0 unspecified atom stereocenters. The quantitative estimate of drug-likeness (QED) is 0.618. The molecule has 2 aliphatic rings. The molecule has 2 rings (SSSR count). The lowest BCUT2D eigenvalue weighted by atomic mass is 9.88. The molecule has 2 saturated carbocycles. The van der Waals surface area contributed by atoms with Crippen LogP contribution in [0.25, 0.3) is 0 Å². The number of hydrogen-bond acceptors (Lipinski definition) is 2. The van der Waals surface area contributed by atoms with Gasteiger partial charge in [0.15, 0.2) is 0 Å². The molecule has 1 amide bonds. The monoisotopic (exact) mass is 276 g/mol. The third kappa shape index (κ3) is 4.24. The number of carbonyl (C=O) groups is 1. The number of hydrogen-bond donors (Lipinski definition) is 1. The molecule has 0 saturated heterocycles. The fraction of sp³-hybridized carbons (Fsp3) is 0.824. The fourth-order valence-electron chi connectivity index (χ4n) is 3.76. The van der Waals surface area contributed by atoms with Crippen LogP contribution in [-0.4, -0.2) is 36.0 Å². The first-order valence-electron chi connectivity index (χ1n) is 8.28. The summed E-state index contributed by atoms with van der Waals surface area (Å²) in [4.78, 5) is 14.8. The van der Waals surface area contributed by atoms with Gasteiger partial charge in [0.2, 0.25) is 5.91 Å². The lowest BCUT2D eigenvalue weighted by molar-refractivity contribution is -0.136. The first-order chi connectivity index (χ1) is 9.83. The van der Waals surface area contributed by atoms with Crippen LogP contribution in [0.4, 0.5) is 0 Å². The average molecular weight is 276 g/mol. The lowest BCUT2D eigenvalue weighted by Crippen LogP contribution is -2.51. The van der Waals surface area contributed by atoms with Gasteiger partial charge in [-0.3, -0.25) is 10.1 Å². The molecular weight excluding hydrogens is 248 g/mol. The van der Waals surface area contributed by atoms with E-state index in [1.807, 2.05) is 0 Å². The smallest absolute Gasteiger partial charge is 0.237 e. The van der Waals surface area contributed by atoms with Crippen molar-refractivity contribution in [2.24, 2.45) is 0 Å². The minimum absolute atomic E-state index is 0.263. The van der Waals surface area contributed by atoms with Gasteiger partial charge in [-0.15, -0.1) is 6.42 Å². The van der Waals surface area contributed by atoms with Crippen molar-refractivity contribution in [3.05, 3.63) is 0 Å². The molecule has 0 aliphatic heterocycles. The highest BCUT2D eigenvalue weighted by atomic mass is 16.2. The lowest BCUT2D eigenvalue weighted by Gasteiger charge is -2.42. The Labute approximate surface area is 123 Å². The first kappa shape index (κ1) is 15.4. The van der Waals surface area contributed by atoms with Gasteiger partial charge in [-0.2, -0.15) is 0 Å². The van der Waals surface area contributed by atoms with Gasteiger partial charge in [0.05, 0.1) is 13.1 Å². The average Bonchev–Trinajstić information content (AvgIpc) is 2.50. The molecule has 0 bridgehead atoms. The van der Waals surface area contributed by atoms with E-state index in [9.17, 15) is 4.79 Å². The normalized spacial score (nSPS) is 21.4. The Balaban J connectivity index is 1.98. The second-order valence-electron chi connectivity index (χ2n) is 6.19. The van der Waals surface area contributed by atoms with Crippen LogP contribution in [0.1, 0.15) is 64.2 Å². The Morgan fingerprint density at radius 1 is 1.00 bits per heavy atom. The molecule has 20 heavy (non-hydrogen) atoms. The third-order valence-electron chi connectivity index (χ3n) is 4.73. The molecule has 0 atom stereocenters. The highest BCUT2D eigenvalue weighted by molar-refractivity contribution is 5.79. The van der Waals surface area contributed by atoms with Crippen LogP contribution in [0.5, 0.6) is 0 Å². The Kier molecular flexibility index (Phi) is 6.39. The zero-order valence-corrected chi connectivity index (χ0v) is 12.6. The number of rotatable bonds is 5. The molecule has 0 spiro atoms. The van der Waals surface area contributed by atoms with Gasteiger partial charge in [0.1, 0.15) is 0 Å². The van der Waals surface area contributed by atoms with Gasteiger partial charge in [-0.05, 0) is 25.7 Å². The molecule has 0 aromatic carbocycles. The van der Waals surface area contributed by atoms with Crippen LogP contribution < -0.4 is 5.32 Å². The minimum Gasteiger partial charge on any atom is -0.336 e. The molecule has 0 aromatic rings. The first-order valence-corrected chi connectivity index (χ1v) is 8.28. The van der Waals surface area contributed by atoms with E-state index in [4.69, 9.17) is 6.42 Å². The molecule has 3 nitrogen and oxygen atoms in total. The summed E-state index contributed by atoms with van der Waals surface area (Å²) < 4.78 is 0. The number of nitrogens with zero attached hydrogens (tertiary/aromatic N) is 1. The maximum Gasteiger partial charge on any atom is 0.237 e. The molecule has 112 valence electrons. The molecule has 2 aliphatic carbocycles. The van der Waals surface area contributed by atoms with Crippen LogP contribution in [-0.2, 0) is 4.79 Å². The number of amides is 1. The summed E-state index contributed by atoms with van der Waals surface area (Å²) in [6.45, 7) is 0.881. The van der Waals surface area contributed by atoms with Crippen LogP contribution in [0.2, 0.25) is 0 Å². The van der Waals surface area contributed by atoms with Crippen LogP contribution in [0.15, 0.2) is 0 Å². The Morgan fingerprint density at radius 2 is 1.50 bits per heavy atom. The van der Waals surface area contributed by atoms with Crippen LogP contribution in [0, 0.1) is 12.3 Å². The van der Waals surface area contributed by atoms with Gasteiger partial charge < -0.3 is 4.90 Å². The zero-order chi connectivity index (χ0) is 14.2. The van der Waals surface area contributed by atoms with E-state index in [1.54, 1.807) is 0 Å². The van der Waals surface area contributed by atoms with Crippen molar-refractivity contribution in [3.8, 4) is 12.3 Å². The number of terminal acetylenes is 1. The van der Waals surface area contributed by atoms with Gasteiger partial charge in [-0.25, -0.2) is 0 Å². The predicted octanol–water partition coefficient (Wildman–Crippen LogP) is 2.70. The fourth-order valence-corrected chi connectivity index (χ4v) is 3.76. The van der Waals surface area contributed by atoms with E-state index in [2.05, 4.69) is 16.1 Å². The predicted molar refractivity (Wildman–Crippen MR) is 82.3 cm³/mol. The van der Waals surface area contributed by atoms with Crippen molar-refractivity contribution in [2.75, 3.05) is 13.1 Å². The molecule has 0 aromatic heterocycles. The van der Waals surface area contributed by atoms with E-state index in [0.29, 0.717) is 25.2 Å². The molecule has 0 radical (unpaired) electrons. The topological polar surface area (TPSA) is 32.3 Å². The SMILES string of the molecule is C#CCNCC(=O)N(C1CCCCC1)C1CCCCC1. The maximum absolute atomic E-state index is 12.6. The second kappa shape index (κ2) is 8.32. The largest absolute Gasteiger partial charge is 0.336 e. The van der Waals surface area contributed by atoms with Crippen molar-refractivity contribution in [3.63, 3.8) is 0 Å². The van der Waals surface area contributed by atoms with Crippen LogP contribution >= 0.6 is 0 Å². The molecule has 0 heterocycles. The van der Waals surface area contributed by atoms with Gasteiger partial charge in [0, 0.05) is 12.1 Å². The standard InChI is InChI=1S/C17H28N2O/c1-2-13-18-14-17(20)19(15-9-5-3-6-10-15)16-11-7-4-8-12-16/h1,15-16,18H,3-14H2. The van der Waals surface area contributed by atoms with E-state index < -0.39 is 0 Å². The van der Waals surface area contributed by atoms with E-state index in [0.717, 1.165) is 0 Å². The molecule has 3 heteroatoms. The summed E-state index contributed by atoms with van der Waals surface area (Å²) >= 11 is 0. The van der Waals surface area contributed by atoms with Gasteiger partial charge in [-0.1, -0.05) is 44.4 Å². The molecule has 1 N–H and O–H groups in total. The zero-order valence-electron chi connectivity index (χ0n) is 12.6. The summed E-state index contributed by atoms with van der Waals surface area (Å²) in [5, 5.41) is 3.07. The summed E-state index contributed by atoms with van der Waals surface area (Å²) in [6.07, 6.45) is 17.8. The Bertz CT molecular complexity index is 317. The third-order valence-corrected chi connectivity index (χ3v) is 4.73.